The van der Waals surface area contributed by atoms with Gasteiger partial charge in [-0.25, -0.2) is 4.39 Å². The molecule has 0 fully saturated rings. The largest absolute Gasteiger partial charge is 0.573 e. The number of nitrogens with one attached hydrogen (secondary N) is 2. The fourth-order valence-electron chi connectivity index (χ4n) is 3.76. The van der Waals surface area contributed by atoms with Crippen LogP contribution in [0.25, 0.3) is 0 Å². The second-order valence-corrected chi connectivity index (χ2v) is 8.88. The molecular formula is C26H34F4N6O4. The Labute approximate surface area is 229 Å². The molecule has 0 radical (unpaired) electrons. The van der Waals surface area contributed by atoms with Gasteiger partial charge in [-0.2, -0.15) is 0 Å². The third-order valence-electron chi connectivity index (χ3n) is 5.77. The van der Waals surface area contributed by atoms with E-state index in [0.717, 1.165) is 23.8 Å². The molecule has 0 spiro atoms. The molecule has 0 unspecified atom stereocenters. The molecule has 8 N–H and O–H groups in total. The quantitative estimate of drug-likeness (QED) is 0.199. The molecule has 0 bridgehead atoms. The van der Waals surface area contributed by atoms with E-state index in [1.165, 1.54) is 4.90 Å². The number of hydrogen-bond donors (Lipinski definition) is 5. The van der Waals surface area contributed by atoms with Crippen LogP contribution in [0.3, 0.4) is 0 Å². The fourth-order valence-corrected chi connectivity index (χ4v) is 3.76. The average molecular weight is 571 g/mol. The number of nitrogens with zero attached hydrogens (tertiary/aromatic N) is 1. The SMILES string of the molecule is NCCN(CCN)C(=O)C[C@H](N)C(=O)N[C@@H](CCc1ccccc1)C(=O)NCc1ccc(OC(F)(F)F)c(F)c1. The van der Waals surface area contributed by atoms with Crippen LogP contribution >= 0.6 is 0 Å². The Morgan fingerprint density at radius 2 is 1.60 bits per heavy atom. The second-order valence-electron chi connectivity index (χ2n) is 8.88. The van der Waals surface area contributed by atoms with Gasteiger partial charge in [0.1, 0.15) is 6.04 Å². The Bertz CT molecular complexity index is 1110. The highest BCUT2D eigenvalue weighted by Gasteiger charge is 2.32. The lowest BCUT2D eigenvalue weighted by atomic mass is 10.0. The van der Waals surface area contributed by atoms with E-state index in [0.29, 0.717) is 6.42 Å². The number of alkyl halides is 3. The first-order chi connectivity index (χ1) is 18.9. The summed E-state index contributed by atoms with van der Waals surface area (Å²) in [6.45, 7) is 0.665. The first-order valence-corrected chi connectivity index (χ1v) is 12.5. The maximum Gasteiger partial charge on any atom is 0.573 e. The minimum absolute atomic E-state index is 0.163. The van der Waals surface area contributed by atoms with Crippen molar-refractivity contribution in [1.29, 1.82) is 0 Å². The lowest BCUT2D eigenvalue weighted by Gasteiger charge is -2.24. The van der Waals surface area contributed by atoms with E-state index in [-0.39, 0.29) is 51.1 Å². The summed E-state index contributed by atoms with van der Waals surface area (Å²) in [6, 6.07) is 9.59. The molecule has 0 aromatic heterocycles. The Morgan fingerprint density at radius 1 is 0.950 bits per heavy atom. The van der Waals surface area contributed by atoms with Crippen LogP contribution in [0, 0.1) is 5.82 Å². The molecule has 40 heavy (non-hydrogen) atoms. The fraction of sp³-hybridized carbons (Fsp3) is 0.423. The molecule has 0 aliphatic heterocycles. The molecule has 14 heteroatoms. The summed E-state index contributed by atoms with van der Waals surface area (Å²) in [7, 11) is 0. The zero-order chi connectivity index (χ0) is 29.7. The third-order valence-corrected chi connectivity index (χ3v) is 5.77. The van der Waals surface area contributed by atoms with Gasteiger partial charge in [0.2, 0.25) is 17.7 Å². The summed E-state index contributed by atoms with van der Waals surface area (Å²) in [5.41, 5.74) is 18.1. The summed E-state index contributed by atoms with van der Waals surface area (Å²) in [4.78, 5) is 39.8. The van der Waals surface area contributed by atoms with Crippen molar-refractivity contribution in [2.45, 2.75) is 44.3 Å². The Hall–Kier alpha value is -3.75. The molecule has 2 aromatic carbocycles. The van der Waals surface area contributed by atoms with Crippen LogP contribution in [-0.2, 0) is 27.3 Å². The minimum Gasteiger partial charge on any atom is -0.403 e. The number of aryl methyl sites for hydroxylation is 1. The number of nitrogens with two attached hydrogens (primary N) is 3. The number of ether oxygens (including phenoxy) is 1. The summed E-state index contributed by atoms with van der Waals surface area (Å²) >= 11 is 0. The van der Waals surface area contributed by atoms with E-state index in [2.05, 4.69) is 15.4 Å². The van der Waals surface area contributed by atoms with E-state index < -0.39 is 47.7 Å². The second kappa shape index (κ2) is 15.7. The first-order valence-electron chi connectivity index (χ1n) is 12.5. The van der Waals surface area contributed by atoms with Gasteiger partial charge in [-0.15, -0.1) is 13.2 Å². The zero-order valence-electron chi connectivity index (χ0n) is 21.8. The van der Waals surface area contributed by atoms with Gasteiger partial charge in [-0.1, -0.05) is 36.4 Å². The average Bonchev–Trinajstić information content (AvgIpc) is 2.90. The van der Waals surface area contributed by atoms with Gasteiger partial charge in [0.25, 0.3) is 0 Å². The Morgan fingerprint density at radius 3 is 2.17 bits per heavy atom. The molecule has 3 amide bonds. The Balaban J connectivity index is 2.07. The molecule has 0 aliphatic carbocycles. The molecule has 2 aromatic rings. The summed E-state index contributed by atoms with van der Waals surface area (Å²) < 4.78 is 54.8. The van der Waals surface area contributed by atoms with E-state index in [4.69, 9.17) is 17.2 Å². The van der Waals surface area contributed by atoms with Gasteiger partial charge >= 0.3 is 6.36 Å². The summed E-state index contributed by atoms with van der Waals surface area (Å²) in [5, 5.41) is 5.10. The number of benzene rings is 2. The maximum absolute atomic E-state index is 14.0. The predicted molar refractivity (Wildman–Crippen MR) is 139 cm³/mol. The molecule has 220 valence electrons. The maximum atomic E-state index is 14.0. The van der Waals surface area contributed by atoms with Crippen molar-refractivity contribution in [2.24, 2.45) is 17.2 Å². The molecule has 0 heterocycles. The lowest BCUT2D eigenvalue weighted by Crippen LogP contribution is -2.53. The smallest absolute Gasteiger partial charge is 0.403 e. The van der Waals surface area contributed by atoms with Crippen LogP contribution in [0.15, 0.2) is 48.5 Å². The molecule has 2 atom stereocenters. The number of carbonyl (C=O) groups is 3. The summed E-state index contributed by atoms with van der Waals surface area (Å²) in [5.74, 6) is -4.04. The van der Waals surface area contributed by atoms with Gasteiger partial charge in [-0.3, -0.25) is 14.4 Å². The molecule has 0 saturated heterocycles. The van der Waals surface area contributed by atoms with Crippen LogP contribution in [0.5, 0.6) is 5.75 Å². The van der Waals surface area contributed by atoms with Gasteiger partial charge in [0.15, 0.2) is 11.6 Å². The van der Waals surface area contributed by atoms with Crippen molar-refractivity contribution >= 4 is 17.7 Å². The van der Waals surface area contributed by atoms with Crippen molar-refractivity contribution in [3.63, 3.8) is 0 Å². The van der Waals surface area contributed by atoms with Gasteiger partial charge < -0.3 is 37.5 Å². The van der Waals surface area contributed by atoms with Crippen molar-refractivity contribution < 1.29 is 36.7 Å². The highest BCUT2D eigenvalue weighted by molar-refractivity contribution is 5.92. The third kappa shape index (κ3) is 11.2. The standard InChI is InChI=1S/C26H34F4N6O4/c27-19-14-18(7-9-22(19)40-26(28,29)30)16-34-25(39)21(8-6-17-4-2-1-3-5-17)35-24(38)20(33)15-23(37)36(12-10-31)13-11-32/h1-5,7,9,14,20-21H,6,8,10-13,15-16,31-33H2,(H,34,39)(H,35,38)/t20-,21-/m0/s1. The number of carbonyl (C=O) groups excluding carboxylic acids is 3. The van der Waals surface area contributed by atoms with Gasteiger partial charge in [-0.05, 0) is 36.1 Å². The molecular weight excluding hydrogens is 536 g/mol. The lowest BCUT2D eigenvalue weighted by molar-refractivity contribution is -0.275. The predicted octanol–water partition coefficient (Wildman–Crippen LogP) is 0.922. The van der Waals surface area contributed by atoms with Crippen LogP contribution in [-0.4, -0.2) is 67.2 Å². The Kier molecular flexibility index (Phi) is 12.8. The highest BCUT2D eigenvalue weighted by Crippen LogP contribution is 2.26. The number of halogens is 4. The van der Waals surface area contributed by atoms with E-state index in [1.807, 2.05) is 30.3 Å². The topological polar surface area (TPSA) is 166 Å². The number of amides is 3. The minimum atomic E-state index is -5.06. The van der Waals surface area contributed by atoms with Crippen molar-refractivity contribution in [3.05, 3.63) is 65.5 Å². The van der Waals surface area contributed by atoms with Crippen molar-refractivity contribution in [3.8, 4) is 5.75 Å². The first kappa shape index (κ1) is 32.5. The van der Waals surface area contributed by atoms with Crippen molar-refractivity contribution in [1.82, 2.24) is 15.5 Å². The summed E-state index contributed by atoms with van der Waals surface area (Å²) in [6.07, 6.45) is -4.81. The number of hydrogen-bond acceptors (Lipinski definition) is 7. The molecule has 2 rings (SSSR count). The van der Waals surface area contributed by atoms with E-state index in [9.17, 15) is 31.9 Å². The van der Waals surface area contributed by atoms with Crippen LogP contribution in [0.4, 0.5) is 17.6 Å². The van der Waals surface area contributed by atoms with Gasteiger partial charge in [0.05, 0.1) is 12.5 Å². The zero-order valence-corrected chi connectivity index (χ0v) is 21.8. The van der Waals surface area contributed by atoms with E-state index >= 15 is 0 Å². The van der Waals surface area contributed by atoms with Gasteiger partial charge in [0, 0.05) is 32.7 Å². The molecule has 0 saturated carbocycles. The van der Waals surface area contributed by atoms with Crippen LogP contribution < -0.4 is 32.6 Å². The highest BCUT2D eigenvalue weighted by atomic mass is 19.4. The monoisotopic (exact) mass is 570 g/mol. The normalized spacial score (nSPS) is 12.8. The molecule has 0 aliphatic rings. The van der Waals surface area contributed by atoms with Crippen LogP contribution in [0.2, 0.25) is 0 Å². The van der Waals surface area contributed by atoms with Crippen LogP contribution in [0.1, 0.15) is 24.0 Å². The molecule has 10 nitrogen and oxygen atoms in total. The van der Waals surface area contributed by atoms with Crippen molar-refractivity contribution in [2.75, 3.05) is 26.2 Å². The van der Waals surface area contributed by atoms with E-state index in [1.54, 1.807) is 0 Å². The number of rotatable bonds is 15.